The van der Waals surface area contributed by atoms with Gasteiger partial charge in [-0.3, -0.25) is 14.4 Å². The Bertz CT molecular complexity index is 342. The summed E-state index contributed by atoms with van der Waals surface area (Å²) < 4.78 is 0. The fourth-order valence-electron chi connectivity index (χ4n) is 2.43. The van der Waals surface area contributed by atoms with Crippen LogP contribution in [0.25, 0.3) is 0 Å². The van der Waals surface area contributed by atoms with Crippen LogP contribution < -0.4 is 5.73 Å². The van der Waals surface area contributed by atoms with Crippen molar-refractivity contribution in [2.45, 2.75) is 19.8 Å². The molecule has 1 aliphatic rings. The lowest BCUT2D eigenvalue weighted by atomic mass is 9.95. The first-order chi connectivity index (χ1) is 7.82. The molecule has 0 saturated heterocycles. The molecule has 1 saturated carbocycles. The maximum Gasteiger partial charge on any atom is 0.307 e. The van der Waals surface area contributed by atoms with Crippen LogP contribution in [-0.2, 0) is 14.4 Å². The van der Waals surface area contributed by atoms with Crippen molar-refractivity contribution in [3.05, 3.63) is 0 Å². The molecule has 1 aliphatic carbocycles. The molecule has 6 nitrogen and oxygen atoms in total. The number of carbonyl (C=O) groups is 3. The first kappa shape index (κ1) is 13.5. The number of nitrogens with two attached hydrogens (primary N) is 1. The molecule has 0 aliphatic heterocycles. The summed E-state index contributed by atoms with van der Waals surface area (Å²) in [7, 11) is 1.47. The van der Waals surface area contributed by atoms with Crippen LogP contribution in [-0.4, -0.2) is 41.4 Å². The van der Waals surface area contributed by atoms with Crippen LogP contribution in [0.4, 0.5) is 0 Å². The number of amides is 2. The van der Waals surface area contributed by atoms with Crippen LogP contribution >= 0.6 is 0 Å². The van der Waals surface area contributed by atoms with Gasteiger partial charge in [0.2, 0.25) is 11.8 Å². The summed E-state index contributed by atoms with van der Waals surface area (Å²) in [6.45, 7) is 1.76. The molecule has 17 heavy (non-hydrogen) atoms. The van der Waals surface area contributed by atoms with Crippen molar-refractivity contribution in [1.82, 2.24) is 4.90 Å². The van der Waals surface area contributed by atoms with E-state index in [-0.39, 0.29) is 18.4 Å². The predicted molar refractivity (Wildman–Crippen MR) is 59.8 cm³/mol. The smallest absolute Gasteiger partial charge is 0.307 e. The second-order valence-electron chi connectivity index (χ2n) is 4.79. The minimum atomic E-state index is -0.944. The molecule has 0 bridgehead atoms. The van der Waals surface area contributed by atoms with Gasteiger partial charge in [-0.05, 0) is 18.8 Å². The highest BCUT2D eigenvalue weighted by Gasteiger charge is 2.42. The van der Waals surface area contributed by atoms with E-state index >= 15 is 0 Å². The Hall–Kier alpha value is -1.59. The van der Waals surface area contributed by atoms with Crippen molar-refractivity contribution in [3.63, 3.8) is 0 Å². The Labute approximate surface area is 99.8 Å². The molecule has 6 heteroatoms. The zero-order valence-corrected chi connectivity index (χ0v) is 10.0. The molecule has 0 spiro atoms. The number of hydrogen-bond donors (Lipinski definition) is 2. The Kier molecular flexibility index (Phi) is 4.09. The minimum absolute atomic E-state index is 0.171. The van der Waals surface area contributed by atoms with Crippen LogP contribution in [0.5, 0.6) is 0 Å². The molecule has 3 atom stereocenters. The number of carbonyl (C=O) groups excluding carboxylic acids is 2. The van der Waals surface area contributed by atoms with Gasteiger partial charge in [0.05, 0.1) is 18.4 Å². The van der Waals surface area contributed by atoms with Gasteiger partial charge in [0.15, 0.2) is 0 Å². The van der Waals surface area contributed by atoms with Gasteiger partial charge >= 0.3 is 5.97 Å². The normalized spacial score (nSPS) is 27.8. The summed E-state index contributed by atoms with van der Waals surface area (Å²) in [6.07, 6.45) is 1.06. The highest BCUT2D eigenvalue weighted by molar-refractivity contribution is 5.88. The average molecular weight is 242 g/mol. The number of carboxylic acids is 1. The molecule has 1 fully saturated rings. The quantitative estimate of drug-likeness (QED) is 0.705. The number of likely N-dealkylation sites (N-methyl/N-ethyl adjacent to an activating group) is 1. The second kappa shape index (κ2) is 5.16. The summed E-state index contributed by atoms with van der Waals surface area (Å²) >= 11 is 0. The molecule has 0 aromatic heterocycles. The molecular weight excluding hydrogens is 224 g/mol. The topological polar surface area (TPSA) is 101 Å². The average Bonchev–Trinajstić information content (AvgIpc) is 2.58. The molecule has 3 N–H and O–H groups in total. The zero-order chi connectivity index (χ0) is 13.2. The third kappa shape index (κ3) is 3.18. The molecule has 0 radical (unpaired) electrons. The highest BCUT2D eigenvalue weighted by atomic mass is 16.4. The van der Waals surface area contributed by atoms with Crippen LogP contribution in [0.3, 0.4) is 0 Å². The number of aliphatic carboxylic acids is 1. The maximum atomic E-state index is 12.0. The van der Waals surface area contributed by atoms with E-state index in [1.54, 1.807) is 0 Å². The van der Waals surface area contributed by atoms with Gasteiger partial charge in [-0.2, -0.15) is 0 Å². The molecule has 2 amide bonds. The van der Waals surface area contributed by atoms with Gasteiger partial charge in [-0.1, -0.05) is 6.92 Å². The summed E-state index contributed by atoms with van der Waals surface area (Å²) in [5, 5.41) is 9.05. The van der Waals surface area contributed by atoms with E-state index in [2.05, 4.69) is 0 Å². The van der Waals surface area contributed by atoms with E-state index in [1.807, 2.05) is 6.92 Å². The van der Waals surface area contributed by atoms with E-state index in [0.29, 0.717) is 12.8 Å². The molecule has 0 heterocycles. The number of carboxylic acid groups (broad SMARTS) is 1. The van der Waals surface area contributed by atoms with Gasteiger partial charge < -0.3 is 15.7 Å². The number of hydrogen-bond acceptors (Lipinski definition) is 3. The van der Waals surface area contributed by atoms with Crippen molar-refractivity contribution in [2.75, 3.05) is 13.6 Å². The lowest BCUT2D eigenvalue weighted by Crippen LogP contribution is -2.41. The van der Waals surface area contributed by atoms with E-state index in [9.17, 15) is 14.4 Å². The van der Waals surface area contributed by atoms with Crippen molar-refractivity contribution in [2.24, 2.45) is 23.5 Å². The van der Waals surface area contributed by atoms with Crippen LogP contribution in [0.1, 0.15) is 19.8 Å². The Morgan fingerprint density at radius 1 is 1.29 bits per heavy atom. The minimum Gasteiger partial charge on any atom is -0.481 e. The van der Waals surface area contributed by atoms with Crippen LogP contribution in [0, 0.1) is 17.8 Å². The van der Waals surface area contributed by atoms with E-state index in [1.165, 1.54) is 11.9 Å². The van der Waals surface area contributed by atoms with Gasteiger partial charge in [0.1, 0.15) is 0 Å². The largest absolute Gasteiger partial charge is 0.481 e. The Morgan fingerprint density at radius 3 is 2.29 bits per heavy atom. The Balaban J connectivity index is 2.73. The zero-order valence-electron chi connectivity index (χ0n) is 10.0. The van der Waals surface area contributed by atoms with Gasteiger partial charge in [-0.15, -0.1) is 0 Å². The molecule has 0 aromatic rings. The number of rotatable bonds is 4. The summed E-state index contributed by atoms with van der Waals surface area (Å²) in [6, 6.07) is 0. The van der Waals surface area contributed by atoms with Crippen LogP contribution in [0.15, 0.2) is 0 Å². The highest BCUT2D eigenvalue weighted by Crippen LogP contribution is 2.37. The van der Waals surface area contributed by atoms with Crippen molar-refractivity contribution < 1.29 is 19.5 Å². The van der Waals surface area contributed by atoms with E-state index < -0.39 is 23.7 Å². The second-order valence-corrected chi connectivity index (χ2v) is 4.79. The SMILES string of the molecule is CC1CC(C(=O)O)C(C(=O)N(C)CC(N)=O)C1. The van der Waals surface area contributed by atoms with Crippen molar-refractivity contribution in [1.29, 1.82) is 0 Å². The van der Waals surface area contributed by atoms with Gasteiger partial charge in [0.25, 0.3) is 0 Å². The first-order valence-corrected chi connectivity index (χ1v) is 5.59. The summed E-state index contributed by atoms with van der Waals surface area (Å²) in [5.41, 5.74) is 5.00. The molecular formula is C11H18N2O4. The molecule has 96 valence electrons. The van der Waals surface area contributed by atoms with E-state index in [0.717, 1.165) is 0 Å². The van der Waals surface area contributed by atoms with E-state index in [4.69, 9.17) is 10.8 Å². The predicted octanol–water partition coefficient (Wildman–Crippen LogP) is -0.323. The molecule has 0 aromatic carbocycles. The molecule has 3 unspecified atom stereocenters. The maximum absolute atomic E-state index is 12.0. The number of primary amides is 1. The third-order valence-electron chi connectivity index (χ3n) is 3.20. The third-order valence-corrected chi connectivity index (χ3v) is 3.20. The fraction of sp³-hybridized carbons (Fsp3) is 0.727. The van der Waals surface area contributed by atoms with Gasteiger partial charge in [0, 0.05) is 7.05 Å². The Morgan fingerprint density at radius 2 is 1.82 bits per heavy atom. The van der Waals surface area contributed by atoms with Crippen LogP contribution in [0.2, 0.25) is 0 Å². The molecule has 1 rings (SSSR count). The van der Waals surface area contributed by atoms with Crippen molar-refractivity contribution in [3.8, 4) is 0 Å². The van der Waals surface area contributed by atoms with Crippen molar-refractivity contribution >= 4 is 17.8 Å². The fourth-order valence-corrected chi connectivity index (χ4v) is 2.43. The number of nitrogens with zero attached hydrogens (tertiary/aromatic N) is 1. The lowest BCUT2D eigenvalue weighted by molar-refractivity contribution is -0.149. The van der Waals surface area contributed by atoms with Gasteiger partial charge in [-0.25, -0.2) is 0 Å². The summed E-state index contributed by atoms with van der Waals surface area (Å²) in [4.78, 5) is 35.0. The summed E-state index contributed by atoms with van der Waals surface area (Å²) in [5.74, 6) is -2.81. The monoisotopic (exact) mass is 242 g/mol. The lowest BCUT2D eigenvalue weighted by Gasteiger charge is -2.22. The first-order valence-electron chi connectivity index (χ1n) is 5.59. The standard InChI is InChI=1S/C11H18N2O4/c1-6-3-7(8(4-6)11(16)17)10(15)13(2)5-9(12)14/h6-8H,3-5H2,1-2H3,(H2,12,14)(H,16,17).